The minimum Gasteiger partial charge on any atom is -0.486 e. The maximum Gasteiger partial charge on any atom is 0.311 e. The minimum absolute atomic E-state index is 0.0489. The lowest BCUT2D eigenvalue weighted by Gasteiger charge is -2.37. The van der Waals surface area contributed by atoms with Crippen LogP contribution in [0.2, 0.25) is 0 Å². The van der Waals surface area contributed by atoms with Crippen molar-refractivity contribution < 1.29 is 71.1 Å². The SMILES string of the molecule is CC(=O)Oc1cc(OC(=O)CCC(=O)Oc2c(C)c3c(c(C)c2OC(C)=O)OC(C)(CCCC(C)CCCC(C)CCCC(C)C)CC3=O)c2c(=O)cc(-c3ccc(OC(C)=O)c(OC(C)=O)c3)oc2c1. The van der Waals surface area contributed by atoms with E-state index in [1.165, 1.54) is 70.2 Å². The summed E-state index contributed by atoms with van der Waals surface area (Å²) < 4.78 is 45.1. The molecule has 0 radical (unpaired) electrons. The number of ether oxygens (including phenoxy) is 7. The van der Waals surface area contributed by atoms with Gasteiger partial charge in [-0.3, -0.25) is 38.4 Å². The molecule has 0 N–H and O–H groups in total. The Bertz CT molecular complexity index is 2740. The molecular weight excluding hydrogens is 917 g/mol. The zero-order chi connectivity index (χ0) is 52.3. The standard InChI is InChI=1S/C55H66O16/c1-30(2)15-12-16-31(3)17-13-18-32(4)19-14-24-55(11)29-42(61)50-33(5)53(54(67-38(10)59)34(6)52(50)71-55)70-49(63)23-22-48(62)69-47-27-40(64-35(7)56)26-46-51(47)41(60)28-44(68-46)39-20-21-43(65-36(8)57)45(25-39)66-37(9)58/h20-21,25-28,30-32H,12-19,22-24,29H2,1-11H3. The predicted molar refractivity (Wildman–Crippen MR) is 262 cm³/mol. The normalized spacial score (nSPS) is 15.0. The minimum atomic E-state index is -0.989. The van der Waals surface area contributed by atoms with Gasteiger partial charge < -0.3 is 37.6 Å². The van der Waals surface area contributed by atoms with Crippen molar-refractivity contribution >= 4 is 52.6 Å². The van der Waals surface area contributed by atoms with Crippen LogP contribution in [0.15, 0.2) is 45.6 Å². The van der Waals surface area contributed by atoms with Gasteiger partial charge in [0.2, 0.25) is 0 Å². The molecule has 0 aliphatic carbocycles. The molecule has 1 aliphatic rings. The lowest BCUT2D eigenvalue weighted by molar-refractivity contribution is -0.140. The summed E-state index contributed by atoms with van der Waals surface area (Å²) in [5.41, 5.74) is -0.742. The number of ketones is 1. The van der Waals surface area contributed by atoms with Gasteiger partial charge in [-0.2, -0.15) is 0 Å². The highest BCUT2D eigenvalue weighted by atomic mass is 16.6. The molecule has 3 aromatic carbocycles. The molecular formula is C55H66O16. The van der Waals surface area contributed by atoms with Crippen LogP contribution in [0.4, 0.5) is 0 Å². The van der Waals surface area contributed by atoms with Gasteiger partial charge in [0.1, 0.15) is 39.6 Å². The maximum atomic E-state index is 14.0. The second-order valence-corrected chi connectivity index (χ2v) is 19.4. The molecule has 0 fully saturated rings. The Morgan fingerprint density at radius 1 is 0.620 bits per heavy atom. The molecule has 0 saturated heterocycles. The number of benzene rings is 3. The van der Waals surface area contributed by atoms with E-state index in [9.17, 15) is 38.4 Å². The first-order valence-corrected chi connectivity index (χ1v) is 24.2. The summed E-state index contributed by atoms with van der Waals surface area (Å²) >= 11 is 0. The molecule has 0 amide bonds. The fraction of sp³-hybridized carbons (Fsp3) is 0.491. The highest BCUT2D eigenvalue weighted by Gasteiger charge is 2.41. The molecule has 3 atom stereocenters. The van der Waals surface area contributed by atoms with Crippen LogP contribution in [0.25, 0.3) is 22.3 Å². The highest BCUT2D eigenvalue weighted by Crippen LogP contribution is 2.49. The van der Waals surface area contributed by atoms with Crippen molar-refractivity contribution in [3.63, 3.8) is 0 Å². The van der Waals surface area contributed by atoms with E-state index in [-0.39, 0.29) is 85.9 Å². The van der Waals surface area contributed by atoms with Crippen LogP contribution in [0, 0.1) is 31.6 Å². The number of Topliss-reactive ketones (excluding diaryl/α,β-unsaturated/α-hetero) is 1. The molecule has 1 aliphatic heterocycles. The van der Waals surface area contributed by atoms with Crippen LogP contribution in [-0.2, 0) is 28.8 Å². The Hall–Kier alpha value is -6.84. The van der Waals surface area contributed by atoms with Gasteiger partial charge >= 0.3 is 35.8 Å². The fourth-order valence-corrected chi connectivity index (χ4v) is 8.77. The number of hydrogen-bond donors (Lipinski definition) is 0. The third kappa shape index (κ3) is 15.3. The monoisotopic (exact) mass is 982 g/mol. The van der Waals surface area contributed by atoms with Gasteiger partial charge in [0, 0.05) is 62.6 Å². The molecule has 2 heterocycles. The van der Waals surface area contributed by atoms with Crippen LogP contribution in [0.1, 0.15) is 161 Å². The fourth-order valence-electron chi connectivity index (χ4n) is 8.77. The van der Waals surface area contributed by atoms with Crippen LogP contribution in [-0.4, -0.2) is 47.2 Å². The first-order valence-electron chi connectivity index (χ1n) is 24.2. The molecule has 4 aromatic rings. The van der Waals surface area contributed by atoms with Crippen molar-refractivity contribution in [1.82, 2.24) is 0 Å². The molecule has 0 spiro atoms. The summed E-state index contributed by atoms with van der Waals surface area (Å²) in [4.78, 5) is 102. The van der Waals surface area contributed by atoms with E-state index in [0.29, 0.717) is 17.9 Å². The van der Waals surface area contributed by atoms with Gasteiger partial charge in [-0.15, -0.1) is 0 Å². The molecule has 0 bridgehead atoms. The molecule has 16 heteroatoms. The Morgan fingerprint density at radius 3 is 1.79 bits per heavy atom. The number of esters is 6. The topological polar surface area (TPSA) is 214 Å². The van der Waals surface area contributed by atoms with E-state index in [4.69, 9.17) is 37.6 Å². The van der Waals surface area contributed by atoms with E-state index in [1.807, 2.05) is 6.92 Å². The average molecular weight is 983 g/mol. The number of fused-ring (bicyclic) bond motifs is 2. The van der Waals surface area contributed by atoms with Crippen LogP contribution in [0.3, 0.4) is 0 Å². The van der Waals surface area contributed by atoms with Gasteiger partial charge in [0.25, 0.3) is 0 Å². The van der Waals surface area contributed by atoms with Gasteiger partial charge in [-0.1, -0.05) is 72.6 Å². The molecule has 3 unspecified atom stereocenters. The molecule has 16 nitrogen and oxygen atoms in total. The van der Waals surface area contributed by atoms with E-state index in [2.05, 4.69) is 27.7 Å². The van der Waals surface area contributed by atoms with E-state index in [0.717, 1.165) is 57.1 Å². The second-order valence-electron chi connectivity index (χ2n) is 19.4. The van der Waals surface area contributed by atoms with Crippen molar-refractivity contribution in [1.29, 1.82) is 0 Å². The van der Waals surface area contributed by atoms with Crippen LogP contribution in [0.5, 0.6) is 40.2 Å². The third-order valence-electron chi connectivity index (χ3n) is 12.3. The molecule has 0 saturated carbocycles. The van der Waals surface area contributed by atoms with Gasteiger partial charge in [-0.25, -0.2) is 0 Å². The quantitative estimate of drug-likeness (QED) is 0.0529. The van der Waals surface area contributed by atoms with Crippen molar-refractivity contribution in [3.05, 3.63) is 63.3 Å². The Labute approximate surface area is 414 Å². The number of carbonyl (C=O) groups is 7. The van der Waals surface area contributed by atoms with E-state index < -0.39 is 59.7 Å². The number of hydrogen-bond acceptors (Lipinski definition) is 16. The highest BCUT2D eigenvalue weighted by molar-refractivity contribution is 6.04. The second kappa shape index (κ2) is 24.3. The number of carbonyl (C=O) groups excluding carboxylic acids is 7. The van der Waals surface area contributed by atoms with Crippen molar-refractivity contribution in [2.75, 3.05) is 0 Å². The van der Waals surface area contributed by atoms with Gasteiger partial charge in [0.15, 0.2) is 34.2 Å². The summed E-state index contributed by atoms with van der Waals surface area (Å²) in [5.74, 6) is -3.76. The summed E-state index contributed by atoms with van der Waals surface area (Å²) in [5, 5.41) is -0.218. The Morgan fingerprint density at radius 2 is 1.18 bits per heavy atom. The van der Waals surface area contributed by atoms with Gasteiger partial charge in [-0.05, 0) is 69.6 Å². The zero-order valence-electron chi connectivity index (χ0n) is 42.7. The maximum absolute atomic E-state index is 14.0. The zero-order valence-corrected chi connectivity index (χ0v) is 42.7. The van der Waals surface area contributed by atoms with Crippen molar-refractivity contribution in [3.8, 4) is 51.6 Å². The molecule has 382 valence electrons. The first-order chi connectivity index (χ1) is 33.4. The van der Waals surface area contributed by atoms with E-state index in [1.54, 1.807) is 13.8 Å². The lowest BCUT2D eigenvalue weighted by Crippen LogP contribution is -2.40. The predicted octanol–water partition coefficient (Wildman–Crippen LogP) is 11.2. The molecule has 71 heavy (non-hydrogen) atoms. The number of rotatable bonds is 22. The lowest BCUT2D eigenvalue weighted by atomic mass is 9.83. The first kappa shape index (κ1) is 55.1. The van der Waals surface area contributed by atoms with Gasteiger partial charge in [0.05, 0.1) is 24.8 Å². The largest absolute Gasteiger partial charge is 0.486 e. The molecule has 5 rings (SSSR count). The molecule has 1 aromatic heterocycles. The summed E-state index contributed by atoms with van der Waals surface area (Å²) in [6, 6.07) is 7.54. The Kier molecular flexibility index (Phi) is 18.9. The van der Waals surface area contributed by atoms with Crippen LogP contribution < -0.4 is 38.6 Å². The van der Waals surface area contributed by atoms with Crippen molar-refractivity contribution in [2.24, 2.45) is 17.8 Å². The Balaban J connectivity index is 1.29. The van der Waals surface area contributed by atoms with Crippen LogP contribution >= 0.6 is 0 Å². The van der Waals surface area contributed by atoms with E-state index >= 15 is 0 Å². The third-order valence-corrected chi connectivity index (χ3v) is 12.3. The van der Waals surface area contributed by atoms with Crippen molar-refractivity contribution in [2.45, 2.75) is 159 Å². The average Bonchev–Trinajstić information content (AvgIpc) is 3.25. The smallest absolute Gasteiger partial charge is 0.311 e. The summed E-state index contributed by atoms with van der Waals surface area (Å²) in [7, 11) is 0. The summed E-state index contributed by atoms with van der Waals surface area (Å²) in [6.07, 6.45) is 8.82. The summed E-state index contributed by atoms with van der Waals surface area (Å²) in [6.45, 7) is 18.9.